The fourth-order valence-corrected chi connectivity index (χ4v) is 1.99. The molecular weight excluding hydrogens is 282 g/mol. The lowest BCUT2D eigenvalue weighted by molar-refractivity contribution is 0.279. The van der Waals surface area contributed by atoms with Crippen LogP contribution in [0.5, 0.6) is 6.01 Å². The van der Waals surface area contributed by atoms with Crippen LogP contribution in [-0.2, 0) is 13.2 Å². The summed E-state index contributed by atoms with van der Waals surface area (Å²) in [6.45, 7) is 4.88. The van der Waals surface area contributed by atoms with Gasteiger partial charge in [0.1, 0.15) is 6.61 Å². The standard InChI is InChI=1S/C16H19N3OS/c1-11(12(2)21)15-6-7-18-16(19-15)20-10-14-5-3-4-13(8-14)9-17/h3-8,11H,9-10,17H2,1-2H3. The van der Waals surface area contributed by atoms with E-state index in [0.29, 0.717) is 19.2 Å². The molecule has 0 radical (unpaired) electrons. The Balaban J connectivity index is 2.06. The van der Waals surface area contributed by atoms with Gasteiger partial charge in [-0.1, -0.05) is 43.4 Å². The average molecular weight is 301 g/mol. The minimum Gasteiger partial charge on any atom is -0.459 e. The van der Waals surface area contributed by atoms with E-state index >= 15 is 0 Å². The number of hydrogen-bond donors (Lipinski definition) is 1. The Hall–Kier alpha value is -1.85. The Bertz CT molecular complexity index is 630. The highest BCUT2D eigenvalue weighted by Crippen LogP contribution is 2.17. The SMILES string of the molecule is CC(=S)C(C)c1ccnc(OCc2cccc(CN)c2)n1. The van der Waals surface area contributed by atoms with Crippen molar-refractivity contribution in [2.75, 3.05) is 0 Å². The quantitative estimate of drug-likeness (QED) is 0.831. The summed E-state index contributed by atoms with van der Waals surface area (Å²) in [7, 11) is 0. The summed E-state index contributed by atoms with van der Waals surface area (Å²) in [5.41, 5.74) is 8.63. The molecule has 5 heteroatoms. The van der Waals surface area contributed by atoms with Crippen molar-refractivity contribution >= 4 is 17.1 Å². The van der Waals surface area contributed by atoms with Crippen LogP contribution in [0, 0.1) is 0 Å². The van der Waals surface area contributed by atoms with E-state index in [2.05, 4.69) is 9.97 Å². The fraction of sp³-hybridized carbons (Fsp3) is 0.312. The third-order valence-corrected chi connectivity index (χ3v) is 3.66. The predicted octanol–water partition coefficient (Wildman–Crippen LogP) is 3.01. The zero-order valence-corrected chi connectivity index (χ0v) is 13.1. The molecule has 1 atom stereocenters. The maximum Gasteiger partial charge on any atom is 0.316 e. The highest BCUT2D eigenvalue weighted by Gasteiger charge is 2.10. The third kappa shape index (κ3) is 4.31. The zero-order valence-electron chi connectivity index (χ0n) is 12.2. The molecule has 110 valence electrons. The second kappa shape index (κ2) is 7.24. The van der Waals surface area contributed by atoms with Gasteiger partial charge in [0, 0.05) is 18.7 Å². The van der Waals surface area contributed by atoms with Crippen molar-refractivity contribution in [2.24, 2.45) is 5.73 Å². The molecule has 1 aromatic carbocycles. The second-order valence-corrected chi connectivity index (χ2v) is 5.55. The summed E-state index contributed by atoms with van der Waals surface area (Å²) >= 11 is 5.20. The average Bonchev–Trinajstić information content (AvgIpc) is 2.52. The number of nitrogens with zero attached hydrogens (tertiary/aromatic N) is 2. The molecule has 1 heterocycles. The van der Waals surface area contributed by atoms with E-state index in [1.807, 2.05) is 44.2 Å². The second-order valence-electron chi connectivity index (χ2n) is 4.91. The van der Waals surface area contributed by atoms with Crippen LogP contribution in [-0.4, -0.2) is 14.8 Å². The first kappa shape index (κ1) is 15.5. The molecule has 0 spiro atoms. The lowest BCUT2D eigenvalue weighted by Crippen LogP contribution is -2.07. The first-order valence-electron chi connectivity index (χ1n) is 6.84. The molecule has 1 unspecified atom stereocenters. The summed E-state index contributed by atoms with van der Waals surface area (Å²) in [6, 6.07) is 10.2. The topological polar surface area (TPSA) is 61.0 Å². The number of benzene rings is 1. The van der Waals surface area contributed by atoms with Gasteiger partial charge in [-0.05, 0) is 29.0 Å². The van der Waals surface area contributed by atoms with Crippen molar-refractivity contribution < 1.29 is 4.74 Å². The van der Waals surface area contributed by atoms with E-state index in [1.54, 1.807) is 6.20 Å². The van der Waals surface area contributed by atoms with E-state index in [-0.39, 0.29) is 5.92 Å². The van der Waals surface area contributed by atoms with Gasteiger partial charge in [-0.2, -0.15) is 4.98 Å². The smallest absolute Gasteiger partial charge is 0.316 e. The third-order valence-electron chi connectivity index (χ3n) is 3.30. The normalized spacial score (nSPS) is 12.0. The van der Waals surface area contributed by atoms with E-state index in [1.165, 1.54) is 0 Å². The van der Waals surface area contributed by atoms with E-state index in [9.17, 15) is 0 Å². The van der Waals surface area contributed by atoms with Crippen molar-refractivity contribution in [3.63, 3.8) is 0 Å². The van der Waals surface area contributed by atoms with Crippen molar-refractivity contribution in [2.45, 2.75) is 32.9 Å². The molecule has 2 rings (SSSR count). The number of nitrogens with two attached hydrogens (primary N) is 1. The van der Waals surface area contributed by atoms with Crippen LogP contribution < -0.4 is 10.5 Å². The molecule has 0 aliphatic rings. The van der Waals surface area contributed by atoms with Crippen molar-refractivity contribution in [1.29, 1.82) is 0 Å². The Morgan fingerprint density at radius 3 is 2.81 bits per heavy atom. The molecule has 0 aliphatic heterocycles. The summed E-state index contributed by atoms with van der Waals surface area (Å²) in [6.07, 6.45) is 1.70. The number of ether oxygens (including phenoxy) is 1. The summed E-state index contributed by atoms with van der Waals surface area (Å²) < 4.78 is 5.66. The lowest BCUT2D eigenvalue weighted by atomic mass is 10.1. The Morgan fingerprint density at radius 1 is 1.33 bits per heavy atom. The monoisotopic (exact) mass is 301 g/mol. The molecule has 0 saturated heterocycles. The van der Waals surface area contributed by atoms with Gasteiger partial charge in [0.25, 0.3) is 0 Å². The predicted molar refractivity (Wildman–Crippen MR) is 87.4 cm³/mol. The van der Waals surface area contributed by atoms with Crippen LogP contribution in [0.2, 0.25) is 0 Å². The lowest BCUT2D eigenvalue weighted by Gasteiger charge is -2.11. The first-order chi connectivity index (χ1) is 10.1. The number of thiocarbonyl (C=S) groups is 1. The van der Waals surface area contributed by atoms with Gasteiger partial charge in [0.15, 0.2) is 0 Å². The van der Waals surface area contributed by atoms with Crippen LogP contribution >= 0.6 is 12.2 Å². The van der Waals surface area contributed by atoms with Crippen LogP contribution in [0.1, 0.15) is 36.6 Å². The molecule has 2 N–H and O–H groups in total. The molecule has 0 aliphatic carbocycles. The molecule has 0 saturated carbocycles. The molecule has 0 bridgehead atoms. The summed E-state index contributed by atoms with van der Waals surface area (Å²) in [5.74, 6) is 0.117. The highest BCUT2D eigenvalue weighted by molar-refractivity contribution is 7.80. The van der Waals surface area contributed by atoms with Crippen molar-refractivity contribution in [3.05, 3.63) is 53.3 Å². The molecule has 21 heavy (non-hydrogen) atoms. The van der Waals surface area contributed by atoms with Crippen LogP contribution in [0.25, 0.3) is 0 Å². The van der Waals surface area contributed by atoms with Gasteiger partial charge >= 0.3 is 6.01 Å². The summed E-state index contributed by atoms with van der Waals surface area (Å²) in [5, 5.41) is 0. The van der Waals surface area contributed by atoms with Crippen LogP contribution in [0.15, 0.2) is 36.5 Å². The highest BCUT2D eigenvalue weighted by atomic mass is 32.1. The van der Waals surface area contributed by atoms with Gasteiger partial charge < -0.3 is 10.5 Å². The Morgan fingerprint density at radius 2 is 2.10 bits per heavy atom. The molecule has 0 amide bonds. The van der Waals surface area contributed by atoms with Gasteiger partial charge in [-0.25, -0.2) is 4.98 Å². The number of hydrogen-bond acceptors (Lipinski definition) is 5. The van der Waals surface area contributed by atoms with Crippen molar-refractivity contribution in [1.82, 2.24) is 9.97 Å². The van der Waals surface area contributed by atoms with Gasteiger partial charge in [0.2, 0.25) is 0 Å². The maximum atomic E-state index is 5.66. The van der Waals surface area contributed by atoms with Crippen LogP contribution in [0.4, 0.5) is 0 Å². The fourth-order valence-electron chi connectivity index (χ4n) is 1.87. The van der Waals surface area contributed by atoms with E-state index in [4.69, 9.17) is 22.7 Å². The van der Waals surface area contributed by atoms with Gasteiger partial charge in [-0.15, -0.1) is 0 Å². The van der Waals surface area contributed by atoms with Crippen molar-refractivity contribution in [3.8, 4) is 6.01 Å². The Kier molecular flexibility index (Phi) is 5.36. The largest absolute Gasteiger partial charge is 0.459 e. The molecule has 2 aromatic rings. The molecule has 0 fully saturated rings. The molecule has 1 aromatic heterocycles. The van der Waals surface area contributed by atoms with E-state index in [0.717, 1.165) is 21.7 Å². The van der Waals surface area contributed by atoms with Gasteiger partial charge in [-0.3, -0.25) is 0 Å². The van der Waals surface area contributed by atoms with Crippen LogP contribution in [0.3, 0.4) is 0 Å². The minimum absolute atomic E-state index is 0.117. The number of aromatic nitrogens is 2. The molecular formula is C16H19N3OS. The maximum absolute atomic E-state index is 5.66. The van der Waals surface area contributed by atoms with Gasteiger partial charge in [0.05, 0.1) is 5.69 Å². The van der Waals surface area contributed by atoms with E-state index < -0.39 is 0 Å². The Labute approximate surface area is 130 Å². The molecule has 4 nitrogen and oxygen atoms in total. The summed E-state index contributed by atoms with van der Waals surface area (Å²) in [4.78, 5) is 9.44. The number of rotatable bonds is 6. The zero-order chi connectivity index (χ0) is 15.2. The first-order valence-corrected chi connectivity index (χ1v) is 7.25. The minimum atomic E-state index is 0.117.